The maximum absolute atomic E-state index is 12.5. The van der Waals surface area contributed by atoms with Gasteiger partial charge in [-0.3, -0.25) is 9.59 Å². The lowest BCUT2D eigenvalue weighted by Crippen LogP contribution is -2.42. The minimum absolute atomic E-state index is 0.0180. The topological polar surface area (TPSA) is 92.7 Å². The molecular formula is C32H51NO5. The van der Waals surface area contributed by atoms with Crippen LogP contribution in [0.1, 0.15) is 128 Å². The highest BCUT2D eigenvalue weighted by molar-refractivity contribution is 5.84. The van der Waals surface area contributed by atoms with E-state index in [1.54, 1.807) is 0 Å². The quantitative estimate of drug-likeness (QED) is 0.0806. The Balaban J connectivity index is 2.06. The third-order valence-electron chi connectivity index (χ3n) is 6.75. The zero-order valence-corrected chi connectivity index (χ0v) is 23.7. The molecule has 1 rings (SSSR count). The van der Waals surface area contributed by atoms with Crippen LogP contribution in [-0.4, -0.2) is 29.0 Å². The summed E-state index contributed by atoms with van der Waals surface area (Å²) >= 11 is 0. The lowest BCUT2D eigenvalue weighted by molar-refractivity contribution is -0.149. The average Bonchev–Trinajstić information content (AvgIpc) is 2.89. The van der Waals surface area contributed by atoms with E-state index in [2.05, 4.69) is 18.8 Å². The lowest BCUT2D eigenvalue weighted by atomic mass is 10.0. The first-order valence-corrected chi connectivity index (χ1v) is 14.7. The second-order valence-electron chi connectivity index (χ2n) is 10.6. The van der Waals surface area contributed by atoms with E-state index < -0.39 is 18.0 Å². The molecular weight excluding hydrogens is 478 g/mol. The highest BCUT2D eigenvalue weighted by atomic mass is 16.5. The number of unbranched alkanes of at least 4 members (excludes halogenated alkanes) is 13. The van der Waals surface area contributed by atoms with E-state index >= 15 is 0 Å². The number of carboxylic acids is 1. The minimum Gasteiger partial charge on any atom is -0.481 e. The van der Waals surface area contributed by atoms with Crippen molar-refractivity contribution in [3.63, 3.8) is 0 Å². The second kappa shape index (κ2) is 22.4. The molecule has 0 aliphatic carbocycles. The van der Waals surface area contributed by atoms with Crippen LogP contribution in [-0.2, 0) is 25.7 Å². The number of esters is 1. The molecule has 0 saturated carbocycles. The van der Waals surface area contributed by atoms with E-state index in [-0.39, 0.29) is 25.4 Å². The van der Waals surface area contributed by atoms with Crippen LogP contribution >= 0.6 is 0 Å². The number of rotatable bonds is 24. The molecule has 0 spiro atoms. The molecule has 0 aliphatic rings. The molecule has 6 nitrogen and oxygen atoms in total. The van der Waals surface area contributed by atoms with E-state index in [0.717, 1.165) is 24.8 Å². The van der Waals surface area contributed by atoms with Crippen molar-refractivity contribution in [2.75, 3.05) is 0 Å². The Morgan fingerprint density at radius 2 is 1.24 bits per heavy atom. The van der Waals surface area contributed by atoms with Crippen molar-refractivity contribution >= 4 is 17.8 Å². The Bertz CT molecular complexity index is 792. The Hall–Kier alpha value is -2.63. The summed E-state index contributed by atoms with van der Waals surface area (Å²) in [5.41, 5.74) is 2.14. The van der Waals surface area contributed by atoms with Crippen molar-refractivity contribution in [3.8, 4) is 0 Å². The highest BCUT2D eigenvalue weighted by Crippen LogP contribution is 2.15. The Kier molecular flexibility index (Phi) is 19.7. The summed E-state index contributed by atoms with van der Waals surface area (Å²) in [6.45, 7) is 6.16. The maximum atomic E-state index is 12.5. The molecule has 0 aromatic heterocycles. The largest absolute Gasteiger partial charge is 0.481 e. The number of allylic oxidation sites excluding steroid dienone is 1. The van der Waals surface area contributed by atoms with Gasteiger partial charge in [0.25, 0.3) is 0 Å². The van der Waals surface area contributed by atoms with Crippen molar-refractivity contribution in [2.24, 2.45) is 0 Å². The molecule has 0 saturated heterocycles. The molecule has 0 aliphatic heterocycles. The van der Waals surface area contributed by atoms with Crippen molar-refractivity contribution in [3.05, 3.63) is 48.0 Å². The van der Waals surface area contributed by atoms with Gasteiger partial charge in [0.05, 0.1) is 0 Å². The van der Waals surface area contributed by atoms with Crippen molar-refractivity contribution in [1.82, 2.24) is 5.32 Å². The standard InChI is InChI=1S/C32H51NO5/c1-27(2)20-16-13-11-9-7-5-3-4-6-8-10-12-14-19-23-30(34)33-29(24-25-31(35)36)32(37)38-26-28-21-17-15-18-22-28/h15,17-18,21-22,29H,1,3-14,16,19-20,23-26H2,2H3,(H,33,34)(H,35,36)/t29-/m0/s1. The highest BCUT2D eigenvalue weighted by Gasteiger charge is 2.23. The van der Waals surface area contributed by atoms with Crippen LogP contribution in [0.3, 0.4) is 0 Å². The number of carbonyl (C=O) groups is 3. The molecule has 0 heterocycles. The Labute approximate surface area is 230 Å². The van der Waals surface area contributed by atoms with E-state index in [0.29, 0.717) is 6.42 Å². The fourth-order valence-corrected chi connectivity index (χ4v) is 4.45. The van der Waals surface area contributed by atoms with Crippen molar-refractivity contribution in [1.29, 1.82) is 0 Å². The van der Waals surface area contributed by atoms with Gasteiger partial charge in [0.1, 0.15) is 12.6 Å². The molecule has 1 aromatic carbocycles. The van der Waals surface area contributed by atoms with E-state index in [1.165, 1.54) is 82.6 Å². The number of nitrogens with one attached hydrogen (secondary N) is 1. The SMILES string of the molecule is C=C(C)CCCCCCCCCCCCCCCCC(=O)N[C@@H](CCC(=O)O)C(=O)OCc1ccccc1. The fourth-order valence-electron chi connectivity index (χ4n) is 4.45. The summed E-state index contributed by atoms with van der Waals surface area (Å²) in [7, 11) is 0. The zero-order valence-electron chi connectivity index (χ0n) is 23.7. The monoisotopic (exact) mass is 529 g/mol. The number of aliphatic carboxylic acids is 1. The number of ether oxygens (including phenoxy) is 1. The van der Waals surface area contributed by atoms with Gasteiger partial charge in [0.15, 0.2) is 0 Å². The third kappa shape index (κ3) is 19.5. The van der Waals surface area contributed by atoms with Crippen LogP contribution in [0, 0.1) is 0 Å². The summed E-state index contributed by atoms with van der Waals surface area (Å²) < 4.78 is 5.31. The predicted molar refractivity (Wildman–Crippen MR) is 154 cm³/mol. The van der Waals surface area contributed by atoms with Crippen LogP contribution in [0.15, 0.2) is 42.5 Å². The van der Waals surface area contributed by atoms with Gasteiger partial charge in [0, 0.05) is 12.8 Å². The molecule has 1 atom stereocenters. The average molecular weight is 530 g/mol. The summed E-state index contributed by atoms with van der Waals surface area (Å²) in [6, 6.07) is 8.32. The molecule has 0 radical (unpaired) electrons. The lowest BCUT2D eigenvalue weighted by Gasteiger charge is -2.17. The number of carboxylic acid groups (broad SMARTS) is 1. The Morgan fingerprint density at radius 1 is 0.763 bits per heavy atom. The molecule has 2 N–H and O–H groups in total. The summed E-state index contributed by atoms with van der Waals surface area (Å²) in [5.74, 6) is -1.83. The Morgan fingerprint density at radius 3 is 1.71 bits per heavy atom. The molecule has 1 amide bonds. The number of hydrogen-bond acceptors (Lipinski definition) is 4. The summed E-state index contributed by atoms with van der Waals surface area (Å²) in [6.07, 6.45) is 18.6. The van der Waals surface area contributed by atoms with Gasteiger partial charge in [-0.05, 0) is 38.2 Å². The summed E-state index contributed by atoms with van der Waals surface area (Å²) in [4.78, 5) is 35.8. The van der Waals surface area contributed by atoms with Crippen molar-refractivity contribution in [2.45, 2.75) is 135 Å². The molecule has 0 unspecified atom stereocenters. The van der Waals surface area contributed by atoms with Crippen LogP contribution in [0.5, 0.6) is 0 Å². The first-order valence-electron chi connectivity index (χ1n) is 14.7. The van der Waals surface area contributed by atoms with Crippen LogP contribution in [0.4, 0.5) is 0 Å². The molecule has 214 valence electrons. The van der Waals surface area contributed by atoms with Gasteiger partial charge in [0.2, 0.25) is 5.91 Å². The normalized spacial score (nSPS) is 11.6. The van der Waals surface area contributed by atoms with Crippen LogP contribution < -0.4 is 5.32 Å². The van der Waals surface area contributed by atoms with Gasteiger partial charge in [-0.15, -0.1) is 6.58 Å². The van der Waals surface area contributed by atoms with Gasteiger partial charge >= 0.3 is 11.9 Å². The minimum atomic E-state index is -1.01. The summed E-state index contributed by atoms with van der Waals surface area (Å²) in [5, 5.41) is 11.7. The molecule has 6 heteroatoms. The molecule has 0 fully saturated rings. The maximum Gasteiger partial charge on any atom is 0.328 e. The smallest absolute Gasteiger partial charge is 0.328 e. The first kappa shape index (κ1) is 33.4. The molecule has 1 aromatic rings. The number of carbonyl (C=O) groups excluding carboxylic acids is 2. The van der Waals surface area contributed by atoms with E-state index in [9.17, 15) is 14.4 Å². The number of hydrogen-bond donors (Lipinski definition) is 2. The predicted octanol–water partition coefficient (Wildman–Crippen LogP) is 7.90. The number of benzene rings is 1. The van der Waals surface area contributed by atoms with E-state index in [1.807, 2.05) is 30.3 Å². The van der Waals surface area contributed by atoms with Crippen molar-refractivity contribution < 1.29 is 24.2 Å². The van der Waals surface area contributed by atoms with E-state index in [4.69, 9.17) is 9.84 Å². The first-order chi connectivity index (χ1) is 18.4. The third-order valence-corrected chi connectivity index (χ3v) is 6.75. The van der Waals surface area contributed by atoms with Gasteiger partial charge in [-0.2, -0.15) is 0 Å². The zero-order chi connectivity index (χ0) is 27.8. The molecule has 38 heavy (non-hydrogen) atoms. The fraction of sp³-hybridized carbons (Fsp3) is 0.656. The van der Waals surface area contributed by atoms with Gasteiger partial charge < -0.3 is 15.2 Å². The molecule has 0 bridgehead atoms. The number of amides is 1. The van der Waals surface area contributed by atoms with Gasteiger partial charge in [-0.1, -0.05) is 113 Å². The van der Waals surface area contributed by atoms with Crippen LogP contribution in [0.2, 0.25) is 0 Å². The van der Waals surface area contributed by atoms with Crippen LogP contribution in [0.25, 0.3) is 0 Å². The van der Waals surface area contributed by atoms with Gasteiger partial charge in [-0.25, -0.2) is 4.79 Å². The second-order valence-corrected chi connectivity index (χ2v) is 10.6.